The van der Waals surface area contributed by atoms with Crippen LogP contribution in [0.1, 0.15) is 380 Å². The first-order valence-corrected chi connectivity index (χ1v) is 33.5. The lowest BCUT2D eigenvalue weighted by molar-refractivity contribution is -0.143. The van der Waals surface area contributed by atoms with Gasteiger partial charge in [-0.15, -0.1) is 0 Å². The second-order valence-corrected chi connectivity index (χ2v) is 23.2. The standard InChI is InChI=1S/C67H131NO5/c1-3-5-7-9-11-13-14-15-16-17-28-32-35-38-41-45-49-53-57-61-67(72)73-62-58-54-50-46-42-39-36-33-30-27-25-23-21-19-18-20-22-24-26-29-31-34-37-40-44-48-52-56-60-66(71)68-64(63-69)65(70)59-55-51-47-43-12-10-8-6-4-2/h55,59,64-65,69-70H,3-54,56-58,60-63H2,1-2H3,(H,68,71)/b59-55+. The number of unbranched alkanes of at least 4 members (excludes halogenated alkanes) is 52. The summed E-state index contributed by atoms with van der Waals surface area (Å²) in [5, 5.41) is 23.0. The van der Waals surface area contributed by atoms with Gasteiger partial charge in [0.25, 0.3) is 0 Å². The maximum atomic E-state index is 12.4. The number of carbonyl (C=O) groups is 2. The molecule has 0 aromatic rings. The summed E-state index contributed by atoms with van der Waals surface area (Å²) in [6.07, 6.45) is 77.3. The lowest BCUT2D eigenvalue weighted by Gasteiger charge is -2.20. The highest BCUT2D eigenvalue weighted by Gasteiger charge is 2.18. The number of carbonyl (C=O) groups excluding carboxylic acids is 2. The molecule has 0 spiro atoms. The molecule has 0 fully saturated rings. The molecule has 0 saturated heterocycles. The first kappa shape index (κ1) is 71.6. The number of allylic oxidation sites excluding steroid dienone is 1. The highest BCUT2D eigenvalue weighted by molar-refractivity contribution is 5.76. The van der Waals surface area contributed by atoms with Gasteiger partial charge in [-0.25, -0.2) is 0 Å². The second kappa shape index (κ2) is 63.1. The molecule has 6 heteroatoms. The van der Waals surface area contributed by atoms with Gasteiger partial charge in [-0.2, -0.15) is 0 Å². The van der Waals surface area contributed by atoms with Gasteiger partial charge in [-0.1, -0.05) is 347 Å². The molecule has 0 aromatic carbocycles. The summed E-state index contributed by atoms with van der Waals surface area (Å²) in [5.41, 5.74) is 0. The van der Waals surface area contributed by atoms with E-state index in [9.17, 15) is 19.8 Å². The Morgan fingerprint density at radius 1 is 0.370 bits per heavy atom. The van der Waals surface area contributed by atoms with Crippen LogP contribution < -0.4 is 5.32 Å². The highest BCUT2D eigenvalue weighted by atomic mass is 16.5. The SMILES string of the molecule is CCCCCCCCC/C=C/C(O)C(CO)NC(=O)CCCCCCCCCCCCCCCCCCCCCCCCCCCCCCOC(=O)CCCCCCCCCCCCCCCCCCCCC. The largest absolute Gasteiger partial charge is 0.466 e. The number of hydrogen-bond acceptors (Lipinski definition) is 5. The molecule has 0 aliphatic carbocycles. The second-order valence-electron chi connectivity index (χ2n) is 23.2. The van der Waals surface area contributed by atoms with E-state index < -0.39 is 12.1 Å². The van der Waals surface area contributed by atoms with Gasteiger partial charge in [-0.3, -0.25) is 9.59 Å². The lowest BCUT2D eigenvalue weighted by Crippen LogP contribution is -2.45. The molecule has 6 nitrogen and oxygen atoms in total. The van der Waals surface area contributed by atoms with Gasteiger partial charge in [0.2, 0.25) is 5.91 Å². The minimum Gasteiger partial charge on any atom is -0.466 e. The fraction of sp³-hybridized carbons (Fsp3) is 0.940. The van der Waals surface area contributed by atoms with Crippen LogP contribution in [0.3, 0.4) is 0 Å². The van der Waals surface area contributed by atoms with Crippen molar-refractivity contribution in [1.29, 1.82) is 0 Å². The van der Waals surface area contributed by atoms with Gasteiger partial charge in [0.05, 0.1) is 25.4 Å². The van der Waals surface area contributed by atoms with Crippen molar-refractivity contribution in [2.75, 3.05) is 13.2 Å². The number of nitrogens with one attached hydrogen (secondary N) is 1. The molecule has 0 aromatic heterocycles. The Morgan fingerprint density at radius 2 is 0.630 bits per heavy atom. The van der Waals surface area contributed by atoms with E-state index in [2.05, 4.69) is 19.2 Å². The Labute approximate surface area is 457 Å². The van der Waals surface area contributed by atoms with E-state index in [1.54, 1.807) is 6.08 Å². The molecule has 0 heterocycles. The first-order valence-electron chi connectivity index (χ1n) is 33.5. The van der Waals surface area contributed by atoms with Gasteiger partial charge < -0.3 is 20.3 Å². The fourth-order valence-electron chi connectivity index (χ4n) is 10.7. The summed E-state index contributed by atoms with van der Waals surface area (Å²) in [4.78, 5) is 24.5. The number of amides is 1. The van der Waals surface area contributed by atoms with E-state index >= 15 is 0 Å². The molecule has 0 radical (unpaired) electrons. The Morgan fingerprint density at radius 3 is 0.932 bits per heavy atom. The van der Waals surface area contributed by atoms with Gasteiger partial charge in [-0.05, 0) is 32.1 Å². The van der Waals surface area contributed by atoms with Crippen LogP contribution in [-0.2, 0) is 14.3 Å². The average molecular weight is 1030 g/mol. The topological polar surface area (TPSA) is 95.9 Å². The number of esters is 1. The molecule has 73 heavy (non-hydrogen) atoms. The minimum absolute atomic E-state index is 0.0239. The van der Waals surface area contributed by atoms with Crippen LogP contribution in [0.25, 0.3) is 0 Å². The molecular formula is C67H131NO5. The van der Waals surface area contributed by atoms with Gasteiger partial charge >= 0.3 is 5.97 Å². The normalized spacial score (nSPS) is 12.5. The summed E-state index contributed by atoms with van der Waals surface area (Å²) in [6.45, 7) is 4.91. The Kier molecular flexibility index (Phi) is 61.9. The Balaban J connectivity index is 3.29. The van der Waals surface area contributed by atoms with Crippen LogP contribution in [-0.4, -0.2) is 47.4 Å². The average Bonchev–Trinajstić information content (AvgIpc) is 3.39. The van der Waals surface area contributed by atoms with Gasteiger partial charge in [0.15, 0.2) is 0 Å². The van der Waals surface area contributed by atoms with Crippen LogP contribution in [0, 0.1) is 0 Å². The van der Waals surface area contributed by atoms with Gasteiger partial charge in [0.1, 0.15) is 0 Å². The zero-order chi connectivity index (χ0) is 52.9. The predicted octanol–water partition coefficient (Wildman–Crippen LogP) is 21.2. The van der Waals surface area contributed by atoms with Crippen molar-refractivity contribution in [1.82, 2.24) is 5.32 Å². The maximum absolute atomic E-state index is 12.4. The summed E-state index contributed by atoms with van der Waals surface area (Å²) in [7, 11) is 0. The van der Waals surface area contributed by atoms with E-state index in [4.69, 9.17) is 4.74 Å². The molecule has 3 N–H and O–H groups in total. The third-order valence-electron chi connectivity index (χ3n) is 15.8. The monoisotopic (exact) mass is 1030 g/mol. The van der Waals surface area contributed by atoms with Gasteiger partial charge in [0, 0.05) is 12.8 Å². The molecule has 0 aliphatic rings. The molecule has 0 rings (SSSR count). The highest BCUT2D eigenvalue weighted by Crippen LogP contribution is 2.19. The van der Waals surface area contributed by atoms with Crippen molar-refractivity contribution in [3.63, 3.8) is 0 Å². The minimum atomic E-state index is -0.839. The van der Waals surface area contributed by atoms with Crippen LogP contribution in [0.15, 0.2) is 12.2 Å². The van der Waals surface area contributed by atoms with Crippen molar-refractivity contribution in [3.8, 4) is 0 Å². The van der Waals surface area contributed by atoms with Crippen LogP contribution in [0.4, 0.5) is 0 Å². The Bertz CT molecular complexity index is 1100. The third-order valence-corrected chi connectivity index (χ3v) is 15.8. The predicted molar refractivity (Wildman–Crippen MR) is 320 cm³/mol. The molecule has 0 aliphatic heterocycles. The number of hydrogen-bond donors (Lipinski definition) is 3. The molecule has 434 valence electrons. The molecule has 0 saturated carbocycles. The molecular weight excluding hydrogens is 899 g/mol. The lowest BCUT2D eigenvalue weighted by atomic mass is 10.0. The molecule has 1 amide bonds. The van der Waals surface area contributed by atoms with E-state index in [1.165, 1.54) is 315 Å². The van der Waals surface area contributed by atoms with Crippen molar-refractivity contribution in [2.24, 2.45) is 0 Å². The van der Waals surface area contributed by atoms with Crippen molar-refractivity contribution in [2.45, 2.75) is 392 Å². The van der Waals surface area contributed by atoms with E-state index in [1.807, 2.05) is 6.08 Å². The number of aliphatic hydroxyl groups is 2. The van der Waals surface area contributed by atoms with Crippen molar-refractivity contribution in [3.05, 3.63) is 12.2 Å². The third kappa shape index (κ3) is 59.7. The van der Waals surface area contributed by atoms with Crippen LogP contribution in [0.2, 0.25) is 0 Å². The fourth-order valence-corrected chi connectivity index (χ4v) is 10.7. The molecule has 2 unspecified atom stereocenters. The maximum Gasteiger partial charge on any atom is 0.305 e. The van der Waals surface area contributed by atoms with Crippen molar-refractivity contribution < 1.29 is 24.5 Å². The van der Waals surface area contributed by atoms with E-state index in [0.29, 0.717) is 19.4 Å². The quantitative estimate of drug-likeness (QED) is 0.0320. The van der Waals surface area contributed by atoms with Crippen molar-refractivity contribution >= 4 is 11.9 Å². The summed E-state index contributed by atoms with van der Waals surface area (Å²) < 4.78 is 5.51. The summed E-state index contributed by atoms with van der Waals surface area (Å²) >= 11 is 0. The number of rotatable bonds is 63. The van der Waals surface area contributed by atoms with Crippen LogP contribution >= 0.6 is 0 Å². The summed E-state index contributed by atoms with van der Waals surface area (Å²) in [5.74, 6) is -0.0420. The van der Waals surface area contributed by atoms with Crippen LogP contribution in [0.5, 0.6) is 0 Å². The zero-order valence-corrected chi connectivity index (χ0v) is 49.6. The number of aliphatic hydroxyl groups excluding tert-OH is 2. The number of ether oxygens (including phenoxy) is 1. The summed E-state index contributed by atoms with van der Waals surface area (Å²) in [6, 6.07) is -0.622. The zero-order valence-electron chi connectivity index (χ0n) is 49.6. The molecule has 0 bridgehead atoms. The van der Waals surface area contributed by atoms with E-state index in [-0.39, 0.29) is 18.5 Å². The smallest absolute Gasteiger partial charge is 0.305 e. The molecule has 2 atom stereocenters. The Hall–Kier alpha value is -1.40. The van der Waals surface area contributed by atoms with E-state index in [0.717, 1.165) is 38.5 Å². The first-order chi connectivity index (χ1) is 36.0.